The van der Waals surface area contributed by atoms with Crippen LogP contribution in [0.3, 0.4) is 0 Å². The normalized spacial score (nSPS) is 17.7. The number of fused-ring (bicyclic) bond motifs is 1. The molecule has 1 aliphatic rings. The molecular weight excluding hydrogens is 316 g/mol. The highest BCUT2D eigenvalue weighted by Crippen LogP contribution is 2.27. The van der Waals surface area contributed by atoms with E-state index in [0.29, 0.717) is 23.9 Å². The first-order valence-electron chi connectivity index (χ1n) is 8.81. The Balaban J connectivity index is 1.65. The molecule has 4 heterocycles. The number of nitrogens with one attached hydrogen (secondary N) is 1. The molecule has 0 aromatic carbocycles. The molecule has 1 fully saturated rings. The van der Waals surface area contributed by atoms with Gasteiger partial charge in [0.1, 0.15) is 0 Å². The maximum atomic E-state index is 6.07. The summed E-state index contributed by atoms with van der Waals surface area (Å²) in [6.45, 7) is 5.62. The van der Waals surface area contributed by atoms with Gasteiger partial charge in [0.15, 0.2) is 5.52 Å². The maximum absolute atomic E-state index is 6.07. The Morgan fingerprint density at radius 2 is 2.24 bits per heavy atom. The standard InChI is InChI=1S/C18H22N6O/c1-2-24-11-14(10-22-24)15-8-16-17(21-7-6-20-16)18(23-15)25-12-13-4-3-5-19-9-13/h6-8,10-11,13,19H,2-5,9,12H2,1H3. The predicted molar refractivity (Wildman–Crippen MR) is 95.3 cm³/mol. The summed E-state index contributed by atoms with van der Waals surface area (Å²) in [6, 6.07) is 1.94. The first-order chi connectivity index (χ1) is 12.3. The lowest BCUT2D eigenvalue weighted by Gasteiger charge is -2.22. The summed E-state index contributed by atoms with van der Waals surface area (Å²) in [5, 5.41) is 7.75. The van der Waals surface area contributed by atoms with Crippen LogP contribution in [0.1, 0.15) is 19.8 Å². The average molecular weight is 338 g/mol. The van der Waals surface area contributed by atoms with Crippen molar-refractivity contribution in [1.82, 2.24) is 30.0 Å². The van der Waals surface area contributed by atoms with Crippen LogP contribution >= 0.6 is 0 Å². The zero-order chi connectivity index (χ0) is 17.1. The van der Waals surface area contributed by atoms with E-state index < -0.39 is 0 Å². The van der Waals surface area contributed by atoms with Gasteiger partial charge < -0.3 is 10.1 Å². The summed E-state index contributed by atoms with van der Waals surface area (Å²) in [4.78, 5) is 13.5. The number of ether oxygens (including phenoxy) is 1. The third-order valence-electron chi connectivity index (χ3n) is 4.53. The third-order valence-corrected chi connectivity index (χ3v) is 4.53. The van der Waals surface area contributed by atoms with Crippen molar-refractivity contribution in [2.24, 2.45) is 5.92 Å². The quantitative estimate of drug-likeness (QED) is 0.769. The first-order valence-corrected chi connectivity index (χ1v) is 8.81. The molecule has 0 radical (unpaired) electrons. The lowest BCUT2D eigenvalue weighted by Crippen LogP contribution is -2.33. The molecule has 1 unspecified atom stereocenters. The predicted octanol–water partition coefficient (Wildman–Crippen LogP) is 2.29. The van der Waals surface area contributed by atoms with Gasteiger partial charge in [-0.05, 0) is 32.4 Å². The van der Waals surface area contributed by atoms with Crippen LogP contribution in [0.4, 0.5) is 0 Å². The van der Waals surface area contributed by atoms with E-state index in [1.807, 2.05) is 23.1 Å². The molecule has 7 heteroatoms. The van der Waals surface area contributed by atoms with Gasteiger partial charge in [-0.15, -0.1) is 0 Å². The Hall–Kier alpha value is -2.54. The number of nitrogens with zero attached hydrogens (tertiary/aromatic N) is 5. The maximum Gasteiger partial charge on any atom is 0.242 e. The second-order valence-corrected chi connectivity index (χ2v) is 6.34. The summed E-state index contributed by atoms with van der Waals surface area (Å²) in [5.74, 6) is 1.06. The molecule has 3 aromatic rings. The van der Waals surface area contributed by atoms with E-state index in [1.165, 1.54) is 12.8 Å². The summed E-state index contributed by atoms with van der Waals surface area (Å²) in [6.07, 6.45) is 9.55. The minimum absolute atomic E-state index is 0.508. The third kappa shape index (κ3) is 3.46. The number of piperidine rings is 1. The number of aryl methyl sites for hydroxylation is 1. The molecule has 130 valence electrons. The van der Waals surface area contributed by atoms with Crippen molar-refractivity contribution in [2.75, 3.05) is 19.7 Å². The molecule has 4 rings (SSSR count). The van der Waals surface area contributed by atoms with Crippen molar-refractivity contribution in [3.63, 3.8) is 0 Å². The van der Waals surface area contributed by atoms with Crippen LogP contribution in [0.2, 0.25) is 0 Å². The second kappa shape index (κ2) is 7.14. The minimum Gasteiger partial charge on any atom is -0.476 e. The van der Waals surface area contributed by atoms with E-state index in [-0.39, 0.29) is 0 Å². The number of hydrogen-bond acceptors (Lipinski definition) is 6. The fourth-order valence-corrected chi connectivity index (χ4v) is 3.12. The topological polar surface area (TPSA) is 77.8 Å². The van der Waals surface area contributed by atoms with E-state index in [2.05, 4.69) is 27.3 Å². The fraction of sp³-hybridized carbons (Fsp3) is 0.444. The molecule has 1 aliphatic heterocycles. The molecule has 0 aliphatic carbocycles. The molecule has 3 aromatic heterocycles. The fourth-order valence-electron chi connectivity index (χ4n) is 3.12. The molecule has 0 amide bonds. The lowest BCUT2D eigenvalue weighted by molar-refractivity contribution is 0.214. The molecule has 7 nitrogen and oxygen atoms in total. The van der Waals surface area contributed by atoms with E-state index >= 15 is 0 Å². The van der Waals surface area contributed by atoms with Crippen molar-refractivity contribution in [2.45, 2.75) is 26.3 Å². The van der Waals surface area contributed by atoms with Crippen molar-refractivity contribution >= 4 is 11.0 Å². The molecule has 25 heavy (non-hydrogen) atoms. The van der Waals surface area contributed by atoms with Gasteiger partial charge in [-0.2, -0.15) is 5.10 Å². The lowest BCUT2D eigenvalue weighted by atomic mass is 10.0. The summed E-state index contributed by atoms with van der Waals surface area (Å²) in [5.41, 5.74) is 3.26. The molecule has 0 saturated carbocycles. The van der Waals surface area contributed by atoms with Gasteiger partial charge in [0, 0.05) is 43.2 Å². The number of pyridine rings is 1. The number of aromatic nitrogens is 5. The van der Waals surface area contributed by atoms with Crippen molar-refractivity contribution in [3.8, 4) is 17.1 Å². The van der Waals surface area contributed by atoms with Crippen LogP contribution in [-0.4, -0.2) is 44.4 Å². The minimum atomic E-state index is 0.508. The molecule has 0 bridgehead atoms. The highest BCUT2D eigenvalue weighted by Gasteiger charge is 2.17. The first kappa shape index (κ1) is 16.0. The Morgan fingerprint density at radius 3 is 3.04 bits per heavy atom. The largest absolute Gasteiger partial charge is 0.476 e. The van der Waals surface area contributed by atoms with Crippen LogP contribution in [0.5, 0.6) is 5.88 Å². The van der Waals surface area contributed by atoms with E-state index in [1.54, 1.807) is 12.4 Å². The Bertz CT molecular complexity index is 856. The molecule has 0 spiro atoms. The van der Waals surface area contributed by atoms with E-state index in [4.69, 9.17) is 9.72 Å². The Morgan fingerprint density at radius 1 is 1.32 bits per heavy atom. The monoisotopic (exact) mass is 338 g/mol. The van der Waals surface area contributed by atoms with Crippen LogP contribution in [0.25, 0.3) is 22.3 Å². The van der Waals surface area contributed by atoms with Crippen LogP contribution in [0, 0.1) is 5.92 Å². The SMILES string of the molecule is CCn1cc(-c2cc3nccnc3c(OCC3CCCNC3)n2)cn1. The van der Waals surface area contributed by atoms with E-state index in [0.717, 1.165) is 36.4 Å². The smallest absolute Gasteiger partial charge is 0.242 e. The average Bonchev–Trinajstić information content (AvgIpc) is 3.16. The Kier molecular flexibility index (Phi) is 4.56. The van der Waals surface area contributed by atoms with Crippen LogP contribution in [0.15, 0.2) is 30.9 Å². The summed E-state index contributed by atoms with van der Waals surface area (Å²) in [7, 11) is 0. The van der Waals surface area contributed by atoms with Gasteiger partial charge in [-0.25, -0.2) is 9.97 Å². The number of hydrogen-bond donors (Lipinski definition) is 1. The summed E-state index contributed by atoms with van der Waals surface area (Å²) >= 11 is 0. The zero-order valence-electron chi connectivity index (χ0n) is 14.4. The van der Waals surface area contributed by atoms with Crippen LogP contribution in [-0.2, 0) is 6.54 Å². The van der Waals surface area contributed by atoms with Crippen molar-refractivity contribution < 1.29 is 4.74 Å². The second-order valence-electron chi connectivity index (χ2n) is 6.34. The van der Waals surface area contributed by atoms with Gasteiger partial charge in [0.2, 0.25) is 5.88 Å². The van der Waals surface area contributed by atoms with Gasteiger partial charge in [0.05, 0.1) is 24.0 Å². The van der Waals surface area contributed by atoms with Gasteiger partial charge >= 0.3 is 0 Å². The molecule has 1 N–H and O–H groups in total. The van der Waals surface area contributed by atoms with Crippen molar-refractivity contribution in [1.29, 1.82) is 0 Å². The van der Waals surface area contributed by atoms with Crippen LogP contribution < -0.4 is 10.1 Å². The molecule has 1 saturated heterocycles. The van der Waals surface area contributed by atoms with Gasteiger partial charge in [-0.1, -0.05) is 0 Å². The van der Waals surface area contributed by atoms with E-state index in [9.17, 15) is 0 Å². The summed E-state index contributed by atoms with van der Waals surface area (Å²) < 4.78 is 7.95. The van der Waals surface area contributed by atoms with Crippen molar-refractivity contribution in [3.05, 3.63) is 30.9 Å². The highest BCUT2D eigenvalue weighted by atomic mass is 16.5. The molecule has 1 atom stereocenters. The Labute approximate surface area is 146 Å². The van der Waals surface area contributed by atoms with Gasteiger partial charge in [0.25, 0.3) is 0 Å². The highest BCUT2D eigenvalue weighted by molar-refractivity contribution is 5.83. The zero-order valence-corrected chi connectivity index (χ0v) is 14.4. The molecular formula is C18H22N6O. The van der Waals surface area contributed by atoms with Gasteiger partial charge in [-0.3, -0.25) is 9.67 Å². The number of rotatable bonds is 5.